The lowest BCUT2D eigenvalue weighted by molar-refractivity contribution is 0.0188. The minimum Gasteiger partial charge on any atom is -0.508 e. The Balaban J connectivity index is 1.34. The highest BCUT2D eigenvalue weighted by atomic mass is 19.2. The summed E-state index contributed by atoms with van der Waals surface area (Å²) in [6.07, 6.45) is 5.94. The third-order valence-electron chi connectivity index (χ3n) is 8.04. The fourth-order valence-electron chi connectivity index (χ4n) is 5.94. The molecule has 0 spiro atoms. The number of carbonyl (C=O) groups is 1. The average Bonchev–Trinajstić information content (AvgIpc) is 2.86. The van der Waals surface area contributed by atoms with Gasteiger partial charge in [0.1, 0.15) is 17.7 Å². The molecule has 1 unspecified atom stereocenters. The van der Waals surface area contributed by atoms with Crippen molar-refractivity contribution in [3.8, 4) is 5.75 Å². The van der Waals surface area contributed by atoms with Gasteiger partial charge in [0.2, 0.25) is 0 Å². The molecule has 2 aromatic rings. The highest BCUT2D eigenvalue weighted by Gasteiger charge is 2.31. The maximum Gasteiger partial charge on any atom is 0.341 e. The number of esters is 1. The van der Waals surface area contributed by atoms with E-state index in [0.717, 1.165) is 31.7 Å². The fourth-order valence-corrected chi connectivity index (χ4v) is 5.94. The lowest BCUT2D eigenvalue weighted by Crippen LogP contribution is -2.26. The Morgan fingerprint density at radius 1 is 0.917 bits per heavy atom. The van der Waals surface area contributed by atoms with Crippen LogP contribution in [0.1, 0.15) is 104 Å². The Bertz CT molecular complexity index is 1060. The van der Waals surface area contributed by atoms with Gasteiger partial charge in [-0.3, -0.25) is 0 Å². The normalized spacial score (nSPS) is 25.4. The number of aromatic hydroxyl groups is 1. The summed E-state index contributed by atoms with van der Waals surface area (Å²) in [5, 5.41) is 19.6. The van der Waals surface area contributed by atoms with Gasteiger partial charge in [0.25, 0.3) is 0 Å². The zero-order valence-corrected chi connectivity index (χ0v) is 20.7. The molecule has 2 aliphatic rings. The number of hydrogen-bond donors (Lipinski definition) is 2. The number of benzene rings is 2. The van der Waals surface area contributed by atoms with E-state index in [9.17, 15) is 28.2 Å². The number of phenols is 1. The molecule has 4 rings (SSSR count). The largest absolute Gasteiger partial charge is 0.508 e. The molecule has 4 nitrogen and oxygen atoms in total. The molecule has 2 saturated carbocycles. The first kappa shape index (κ1) is 26.5. The molecule has 0 aliphatic heterocycles. The molecule has 0 saturated heterocycles. The molecule has 2 fully saturated rings. The standard InChI is InChI=1S/C29H35F3O4/c1-2-3-26(34)19-6-4-18(5-7-19)23-14-15-24(28(32)27(23)31)29(35)36-21-11-8-17(9-12-21)22-13-10-20(33)16-25(22)30/h10,13-19,21,26,33-34H,2-9,11-12H2,1H3. The topological polar surface area (TPSA) is 66.8 Å². The van der Waals surface area contributed by atoms with Crippen molar-refractivity contribution < 1.29 is 32.9 Å². The van der Waals surface area contributed by atoms with Crippen molar-refractivity contribution in [1.82, 2.24) is 0 Å². The maximum absolute atomic E-state index is 15.0. The van der Waals surface area contributed by atoms with Gasteiger partial charge in [0.15, 0.2) is 11.6 Å². The molecule has 0 amide bonds. The Morgan fingerprint density at radius 2 is 1.53 bits per heavy atom. The minimum absolute atomic E-state index is 0.0489. The molecule has 2 aromatic carbocycles. The second-order valence-electron chi connectivity index (χ2n) is 10.4. The van der Waals surface area contributed by atoms with Crippen molar-refractivity contribution in [3.05, 3.63) is 64.5 Å². The van der Waals surface area contributed by atoms with Crippen molar-refractivity contribution in [3.63, 3.8) is 0 Å². The Hall–Kier alpha value is -2.54. The SMILES string of the molecule is CCCC(O)C1CCC(c2ccc(C(=O)OC3CCC(c4ccc(O)cc4F)CC3)c(F)c2F)CC1. The van der Waals surface area contributed by atoms with Crippen LogP contribution in [-0.4, -0.2) is 28.4 Å². The molecule has 196 valence electrons. The van der Waals surface area contributed by atoms with Gasteiger partial charge in [-0.25, -0.2) is 18.0 Å². The Kier molecular flexibility index (Phi) is 8.60. The summed E-state index contributed by atoms with van der Waals surface area (Å²) in [7, 11) is 0. The second kappa shape index (κ2) is 11.7. The first-order valence-electron chi connectivity index (χ1n) is 13.1. The van der Waals surface area contributed by atoms with E-state index in [1.54, 1.807) is 6.07 Å². The first-order chi connectivity index (χ1) is 17.3. The zero-order chi connectivity index (χ0) is 25.8. The number of aliphatic hydroxyl groups is 1. The summed E-state index contributed by atoms with van der Waals surface area (Å²) < 4.78 is 49.5. The van der Waals surface area contributed by atoms with E-state index in [-0.39, 0.29) is 35.2 Å². The van der Waals surface area contributed by atoms with E-state index in [0.29, 0.717) is 44.1 Å². The molecular formula is C29H35F3O4. The minimum atomic E-state index is -1.18. The van der Waals surface area contributed by atoms with Crippen LogP contribution in [-0.2, 0) is 4.74 Å². The molecule has 1 atom stereocenters. The van der Waals surface area contributed by atoms with Crippen LogP contribution in [0.25, 0.3) is 0 Å². The lowest BCUT2D eigenvalue weighted by Gasteiger charge is -2.32. The monoisotopic (exact) mass is 504 g/mol. The molecular weight excluding hydrogens is 469 g/mol. The fraction of sp³-hybridized carbons (Fsp3) is 0.552. The van der Waals surface area contributed by atoms with Crippen LogP contribution in [0, 0.1) is 23.4 Å². The number of ether oxygens (including phenoxy) is 1. The summed E-state index contributed by atoms with van der Waals surface area (Å²) >= 11 is 0. The van der Waals surface area contributed by atoms with Gasteiger partial charge in [-0.2, -0.15) is 0 Å². The van der Waals surface area contributed by atoms with Crippen LogP contribution in [0.4, 0.5) is 13.2 Å². The molecule has 36 heavy (non-hydrogen) atoms. The van der Waals surface area contributed by atoms with Crippen LogP contribution in [0.5, 0.6) is 5.75 Å². The molecule has 2 aliphatic carbocycles. The number of rotatable bonds is 7. The number of halogens is 3. The van der Waals surface area contributed by atoms with Crippen LogP contribution < -0.4 is 0 Å². The molecule has 0 aromatic heterocycles. The molecule has 0 radical (unpaired) electrons. The van der Waals surface area contributed by atoms with Gasteiger partial charge in [0.05, 0.1) is 11.7 Å². The average molecular weight is 505 g/mol. The van der Waals surface area contributed by atoms with Crippen LogP contribution in [0.15, 0.2) is 30.3 Å². The van der Waals surface area contributed by atoms with Crippen molar-refractivity contribution in [2.75, 3.05) is 0 Å². The quantitative estimate of drug-likeness (QED) is 0.394. The highest BCUT2D eigenvalue weighted by molar-refractivity contribution is 5.90. The van der Waals surface area contributed by atoms with Crippen molar-refractivity contribution in [1.29, 1.82) is 0 Å². The second-order valence-corrected chi connectivity index (χ2v) is 10.4. The molecule has 0 heterocycles. The van der Waals surface area contributed by atoms with E-state index < -0.39 is 35.1 Å². The lowest BCUT2D eigenvalue weighted by atomic mass is 9.76. The summed E-state index contributed by atoms with van der Waals surface area (Å²) in [4.78, 5) is 12.7. The smallest absolute Gasteiger partial charge is 0.341 e. The Morgan fingerprint density at radius 3 is 2.17 bits per heavy atom. The summed E-state index contributed by atoms with van der Waals surface area (Å²) in [5.74, 6) is -3.62. The highest BCUT2D eigenvalue weighted by Crippen LogP contribution is 2.40. The van der Waals surface area contributed by atoms with Gasteiger partial charge in [-0.1, -0.05) is 25.5 Å². The summed E-state index contributed by atoms with van der Waals surface area (Å²) in [5.41, 5.74) is 0.397. The first-order valence-corrected chi connectivity index (χ1v) is 13.1. The van der Waals surface area contributed by atoms with Gasteiger partial charge in [-0.15, -0.1) is 0 Å². The van der Waals surface area contributed by atoms with Gasteiger partial charge < -0.3 is 14.9 Å². The van der Waals surface area contributed by atoms with Gasteiger partial charge in [-0.05, 0) is 98.8 Å². The maximum atomic E-state index is 15.0. The number of carbonyl (C=O) groups excluding carboxylic acids is 1. The molecule has 7 heteroatoms. The zero-order valence-electron chi connectivity index (χ0n) is 20.7. The van der Waals surface area contributed by atoms with Crippen molar-refractivity contribution in [2.45, 2.75) is 95.2 Å². The van der Waals surface area contributed by atoms with Crippen LogP contribution in [0.2, 0.25) is 0 Å². The number of aliphatic hydroxyl groups excluding tert-OH is 1. The summed E-state index contributed by atoms with van der Waals surface area (Å²) in [6.45, 7) is 2.03. The van der Waals surface area contributed by atoms with E-state index in [1.165, 1.54) is 18.2 Å². The van der Waals surface area contributed by atoms with E-state index in [4.69, 9.17) is 4.74 Å². The van der Waals surface area contributed by atoms with Gasteiger partial charge in [0, 0.05) is 6.07 Å². The number of phenolic OH excluding ortho intramolecular Hbond substituents is 1. The van der Waals surface area contributed by atoms with E-state index in [2.05, 4.69) is 0 Å². The molecule has 0 bridgehead atoms. The predicted molar refractivity (Wildman–Crippen MR) is 130 cm³/mol. The van der Waals surface area contributed by atoms with Crippen LogP contribution in [0.3, 0.4) is 0 Å². The predicted octanol–water partition coefficient (Wildman–Crippen LogP) is 7.13. The van der Waals surface area contributed by atoms with E-state index >= 15 is 0 Å². The third kappa shape index (κ3) is 5.88. The van der Waals surface area contributed by atoms with Crippen molar-refractivity contribution >= 4 is 5.97 Å². The summed E-state index contributed by atoms with van der Waals surface area (Å²) in [6, 6.07) is 6.91. The third-order valence-corrected chi connectivity index (χ3v) is 8.04. The Labute approximate surface area is 210 Å². The number of hydrogen-bond acceptors (Lipinski definition) is 4. The van der Waals surface area contributed by atoms with Crippen LogP contribution >= 0.6 is 0 Å². The van der Waals surface area contributed by atoms with Gasteiger partial charge >= 0.3 is 5.97 Å². The van der Waals surface area contributed by atoms with Crippen molar-refractivity contribution in [2.24, 2.45) is 5.92 Å². The molecule has 2 N–H and O–H groups in total. The van der Waals surface area contributed by atoms with E-state index in [1.807, 2.05) is 6.92 Å².